The van der Waals surface area contributed by atoms with Crippen LogP contribution >= 0.6 is 11.3 Å². The number of piperidine rings is 1. The van der Waals surface area contributed by atoms with E-state index in [-0.39, 0.29) is 29.8 Å². The molecule has 1 aromatic heterocycles. The molecule has 0 saturated carbocycles. The molecule has 4 rings (SSSR count). The minimum atomic E-state index is -3.92. The van der Waals surface area contributed by atoms with Crippen molar-refractivity contribution in [2.45, 2.75) is 17.7 Å². The topological polar surface area (TPSA) is 88.6 Å². The number of nitrogens with one attached hydrogen (secondary N) is 1. The summed E-state index contributed by atoms with van der Waals surface area (Å²) in [7, 11) is -2.33. The Morgan fingerprint density at radius 3 is 2.67 bits per heavy atom. The molecule has 0 bridgehead atoms. The van der Waals surface area contributed by atoms with Gasteiger partial charge in [-0.3, -0.25) is 4.79 Å². The van der Waals surface area contributed by atoms with Gasteiger partial charge in [0.25, 0.3) is 0 Å². The van der Waals surface area contributed by atoms with E-state index in [1.165, 1.54) is 33.8 Å². The zero-order valence-electron chi connectivity index (χ0n) is 16.2. The molecule has 10 heteroatoms. The largest absolute Gasteiger partial charge is 0.497 e. The Morgan fingerprint density at radius 1 is 1.23 bits per heavy atom. The molecule has 1 amide bonds. The molecule has 1 aliphatic heterocycles. The van der Waals surface area contributed by atoms with Crippen LogP contribution in [0, 0.1) is 11.7 Å². The van der Waals surface area contributed by atoms with Crippen molar-refractivity contribution in [1.82, 2.24) is 9.29 Å². The Morgan fingerprint density at radius 2 is 1.97 bits per heavy atom. The number of aromatic nitrogens is 1. The van der Waals surface area contributed by atoms with E-state index in [9.17, 15) is 17.6 Å². The number of thiazole rings is 1. The standard InChI is InChI=1S/C20H20FN3O4S2/c1-28-14-6-7-16-17(12-14)29-20(22-16)23-19(25)13-8-10-24(11-9-13)30(26,27)18-5-3-2-4-15(18)21/h2-7,12-13H,8-11H2,1H3,(H,22,23,25). The lowest BCUT2D eigenvalue weighted by Gasteiger charge is -2.30. The van der Waals surface area contributed by atoms with Gasteiger partial charge in [-0.15, -0.1) is 0 Å². The number of hydrogen-bond acceptors (Lipinski definition) is 6. The SMILES string of the molecule is COc1ccc2nc(NC(=O)C3CCN(S(=O)(=O)c4ccccc4F)CC3)sc2c1. The van der Waals surface area contributed by atoms with Gasteiger partial charge in [0.2, 0.25) is 15.9 Å². The molecule has 30 heavy (non-hydrogen) atoms. The van der Waals surface area contributed by atoms with Crippen molar-refractivity contribution in [3.05, 3.63) is 48.3 Å². The molecule has 1 aliphatic rings. The molecule has 7 nitrogen and oxygen atoms in total. The van der Waals surface area contributed by atoms with Crippen LogP contribution in [-0.4, -0.2) is 43.8 Å². The summed E-state index contributed by atoms with van der Waals surface area (Å²) < 4.78 is 46.7. The first-order valence-electron chi connectivity index (χ1n) is 9.38. The summed E-state index contributed by atoms with van der Waals surface area (Å²) in [5.74, 6) is -0.583. The zero-order chi connectivity index (χ0) is 21.3. The second kappa shape index (κ2) is 8.29. The average Bonchev–Trinajstić information content (AvgIpc) is 3.15. The van der Waals surface area contributed by atoms with Crippen molar-refractivity contribution >= 4 is 42.6 Å². The molecule has 0 unspecified atom stereocenters. The molecule has 1 fully saturated rings. The smallest absolute Gasteiger partial charge is 0.245 e. The van der Waals surface area contributed by atoms with Crippen LogP contribution in [0.25, 0.3) is 10.2 Å². The van der Waals surface area contributed by atoms with Crippen LogP contribution in [0.1, 0.15) is 12.8 Å². The molecular weight excluding hydrogens is 429 g/mol. The maximum Gasteiger partial charge on any atom is 0.245 e. The number of benzene rings is 2. The molecule has 0 radical (unpaired) electrons. The van der Waals surface area contributed by atoms with Gasteiger partial charge in [-0.25, -0.2) is 17.8 Å². The highest BCUT2D eigenvalue weighted by molar-refractivity contribution is 7.89. The number of carbonyl (C=O) groups is 1. The molecule has 1 N–H and O–H groups in total. The molecule has 1 saturated heterocycles. The number of ether oxygens (including phenoxy) is 1. The number of rotatable bonds is 5. The summed E-state index contributed by atoms with van der Waals surface area (Å²) in [6, 6.07) is 10.8. The van der Waals surface area contributed by atoms with E-state index in [0.717, 1.165) is 16.3 Å². The number of sulfonamides is 1. The van der Waals surface area contributed by atoms with Gasteiger partial charge >= 0.3 is 0 Å². The normalized spacial score (nSPS) is 15.9. The number of methoxy groups -OCH3 is 1. The maximum atomic E-state index is 13.9. The van der Waals surface area contributed by atoms with Crippen LogP contribution in [0.5, 0.6) is 5.75 Å². The number of carbonyl (C=O) groups excluding carboxylic acids is 1. The third-order valence-corrected chi connectivity index (χ3v) is 7.97. The molecule has 3 aromatic rings. The van der Waals surface area contributed by atoms with Crippen molar-refractivity contribution in [3.63, 3.8) is 0 Å². The fourth-order valence-corrected chi connectivity index (χ4v) is 5.88. The van der Waals surface area contributed by atoms with Crippen LogP contribution in [0.2, 0.25) is 0 Å². The lowest BCUT2D eigenvalue weighted by Crippen LogP contribution is -2.41. The molecule has 2 aromatic carbocycles. The van der Waals surface area contributed by atoms with Gasteiger partial charge < -0.3 is 10.1 Å². The number of halogens is 1. The first kappa shape index (κ1) is 20.7. The number of nitrogens with zero attached hydrogens (tertiary/aromatic N) is 2. The number of anilines is 1. The molecule has 0 aliphatic carbocycles. The highest BCUT2D eigenvalue weighted by Crippen LogP contribution is 2.31. The third kappa shape index (κ3) is 4.03. The Labute approximate surface area is 177 Å². The van der Waals surface area contributed by atoms with Crippen molar-refractivity contribution in [3.8, 4) is 5.75 Å². The Balaban J connectivity index is 1.40. The Hall–Kier alpha value is -2.56. The third-order valence-electron chi connectivity index (χ3n) is 5.10. The van der Waals surface area contributed by atoms with E-state index in [1.807, 2.05) is 12.1 Å². The molecular formula is C20H20FN3O4S2. The van der Waals surface area contributed by atoms with Crippen LogP contribution in [-0.2, 0) is 14.8 Å². The predicted octanol–water partition coefficient (Wildman–Crippen LogP) is 3.48. The summed E-state index contributed by atoms with van der Waals surface area (Å²) in [6.45, 7) is 0.317. The molecule has 2 heterocycles. The van der Waals surface area contributed by atoms with Gasteiger partial charge in [0.05, 0.1) is 17.3 Å². The maximum absolute atomic E-state index is 13.9. The molecule has 0 spiro atoms. The van der Waals surface area contributed by atoms with E-state index in [4.69, 9.17) is 4.74 Å². The van der Waals surface area contributed by atoms with Gasteiger partial charge in [0.15, 0.2) is 5.13 Å². The fraction of sp³-hybridized carbons (Fsp3) is 0.300. The highest BCUT2D eigenvalue weighted by Gasteiger charge is 2.33. The first-order valence-corrected chi connectivity index (χ1v) is 11.6. The Bertz CT molecular complexity index is 1190. The fourth-order valence-electron chi connectivity index (χ4n) is 3.44. The monoisotopic (exact) mass is 449 g/mol. The lowest BCUT2D eigenvalue weighted by molar-refractivity contribution is -0.120. The van der Waals surface area contributed by atoms with Crippen LogP contribution in [0.4, 0.5) is 9.52 Å². The second-order valence-corrected chi connectivity index (χ2v) is 9.89. The van der Waals surface area contributed by atoms with Crippen molar-refractivity contribution in [2.75, 3.05) is 25.5 Å². The van der Waals surface area contributed by atoms with Gasteiger partial charge in [-0.2, -0.15) is 4.31 Å². The van der Waals surface area contributed by atoms with Crippen molar-refractivity contribution in [2.24, 2.45) is 5.92 Å². The quantitative estimate of drug-likeness (QED) is 0.644. The molecule has 0 atom stereocenters. The van der Waals surface area contributed by atoms with Gasteiger partial charge in [0, 0.05) is 19.0 Å². The Kier molecular flexibility index (Phi) is 5.72. The minimum Gasteiger partial charge on any atom is -0.497 e. The predicted molar refractivity (Wildman–Crippen MR) is 113 cm³/mol. The van der Waals surface area contributed by atoms with E-state index >= 15 is 0 Å². The summed E-state index contributed by atoms with van der Waals surface area (Å²) in [5.41, 5.74) is 0.766. The van der Waals surface area contributed by atoms with Crippen molar-refractivity contribution in [1.29, 1.82) is 0 Å². The minimum absolute atomic E-state index is 0.159. The van der Waals surface area contributed by atoms with Crippen LogP contribution < -0.4 is 10.1 Å². The first-order chi connectivity index (χ1) is 14.4. The summed E-state index contributed by atoms with van der Waals surface area (Å²) in [4.78, 5) is 16.7. The van der Waals surface area contributed by atoms with E-state index in [1.54, 1.807) is 13.2 Å². The lowest BCUT2D eigenvalue weighted by atomic mass is 9.97. The number of amides is 1. The highest BCUT2D eigenvalue weighted by atomic mass is 32.2. The summed E-state index contributed by atoms with van der Waals surface area (Å²) >= 11 is 1.35. The summed E-state index contributed by atoms with van der Waals surface area (Å²) in [6.07, 6.45) is 0.719. The number of hydrogen-bond donors (Lipinski definition) is 1. The molecule has 158 valence electrons. The number of fused-ring (bicyclic) bond motifs is 1. The second-order valence-electron chi connectivity index (χ2n) is 6.95. The van der Waals surface area contributed by atoms with E-state index in [0.29, 0.717) is 23.7 Å². The van der Waals surface area contributed by atoms with Crippen molar-refractivity contribution < 1.29 is 22.3 Å². The van der Waals surface area contributed by atoms with Gasteiger partial charge in [-0.05, 0) is 43.2 Å². The van der Waals surface area contributed by atoms with Gasteiger partial charge in [-0.1, -0.05) is 23.5 Å². The zero-order valence-corrected chi connectivity index (χ0v) is 17.8. The van der Waals surface area contributed by atoms with E-state index < -0.39 is 15.8 Å². The van der Waals surface area contributed by atoms with Crippen LogP contribution in [0.3, 0.4) is 0 Å². The summed E-state index contributed by atoms with van der Waals surface area (Å²) in [5, 5.41) is 3.32. The average molecular weight is 450 g/mol. The van der Waals surface area contributed by atoms with E-state index in [2.05, 4.69) is 10.3 Å². The van der Waals surface area contributed by atoms with Crippen LogP contribution in [0.15, 0.2) is 47.4 Å². The van der Waals surface area contributed by atoms with Gasteiger partial charge in [0.1, 0.15) is 16.5 Å².